The van der Waals surface area contributed by atoms with E-state index in [0.717, 1.165) is 12.5 Å². The highest BCUT2D eigenvalue weighted by atomic mass is 15.1. The van der Waals surface area contributed by atoms with Crippen molar-refractivity contribution in [1.29, 1.82) is 0 Å². The zero-order chi connectivity index (χ0) is 11.5. The molecule has 0 bridgehead atoms. The summed E-state index contributed by atoms with van der Waals surface area (Å²) in [5.74, 6) is 0.899. The second kappa shape index (κ2) is 4.93. The molecule has 1 atom stereocenters. The standard InChI is InChI=1S/C13H21N3/c1-10-5-6-15-8-12(10)13(7-14)16(2)9-11-3-4-11/h5-6,8,11,13H,3-4,7,9,14H2,1-2H3. The van der Waals surface area contributed by atoms with Gasteiger partial charge in [0.2, 0.25) is 0 Å². The maximum atomic E-state index is 5.90. The third-order valence-corrected chi connectivity index (χ3v) is 3.44. The summed E-state index contributed by atoms with van der Waals surface area (Å²) in [4.78, 5) is 6.59. The van der Waals surface area contributed by atoms with Gasteiger partial charge in [-0.3, -0.25) is 9.88 Å². The predicted molar refractivity (Wildman–Crippen MR) is 66.1 cm³/mol. The van der Waals surface area contributed by atoms with E-state index in [0.29, 0.717) is 12.6 Å². The zero-order valence-corrected chi connectivity index (χ0v) is 10.2. The van der Waals surface area contributed by atoms with Crippen molar-refractivity contribution < 1.29 is 0 Å². The van der Waals surface area contributed by atoms with Crippen LogP contribution in [0.15, 0.2) is 18.5 Å². The smallest absolute Gasteiger partial charge is 0.0485 e. The molecule has 1 aliphatic rings. The van der Waals surface area contributed by atoms with Gasteiger partial charge in [-0.05, 0) is 49.9 Å². The van der Waals surface area contributed by atoms with E-state index in [4.69, 9.17) is 5.73 Å². The minimum atomic E-state index is 0.314. The number of hydrogen-bond acceptors (Lipinski definition) is 3. The number of pyridine rings is 1. The molecule has 88 valence electrons. The first-order chi connectivity index (χ1) is 7.72. The van der Waals surface area contributed by atoms with Crippen LogP contribution in [0.5, 0.6) is 0 Å². The summed E-state index contributed by atoms with van der Waals surface area (Å²) in [6.45, 7) is 3.95. The van der Waals surface area contributed by atoms with Gasteiger partial charge in [-0.2, -0.15) is 0 Å². The molecule has 1 heterocycles. The van der Waals surface area contributed by atoms with E-state index >= 15 is 0 Å². The van der Waals surface area contributed by atoms with Crippen molar-refractivity contribution >= 4 is 0 Å². The topological polar surface area (TPSA) is 42.1 Å². The Bertz CT molecular complexity index is 347. The Balaban J connectivity index is 2.11. The lowest BCUT2D eigenvalue weighted by atomic mass is 10.0. The molecule has 1 fully saturated rings. The summed E-state index contributed by atoms with van der Waals surface area (Å²) >= 11 is 0. The molecule has 0 aromatic carbocycles. The second-order valence-corrected chi connectivity index (χ2v) is 4.87. The van der Waals surface area contributed by atoms with E-state index in [1.807, 2.05) is 12.4 Å². The van der Waals surface area contributed by atoms with Gasteiger partial charge in [0.25, 0.3) is 0 Å². The van der Waals surface area contributed by atoms with E-state index in [9.17, 15) is 0 Å². The normalized spacial score (nSPS) is 17.8. The Labute approximate surface area is 97.7 Å². The van der Waals surface area contributed by atoms with Crippen LogP contribution in [0.25, 0.3) is 0 Å². The summed E-state index contributed by atoms with van der Waals surface area (Å²) in [6.07, 6.45) is 6.56. The van der Waals surface area contributed by atoms with E-state index in [1.54, 1.807) is 0 Å². The van der Waals surface area contributed by atoms with Crippen molar-refractivity contribution in [2.24, 2.45) is 11.7 Å². The number of likely N-dealkylation sites (N-methyl/N-ethyl adjacent to an activating group) is 1. The molecule has 2 rings (SSSR count). The summed E-state index contributed by atoms with van der Waals surface area (Å²) in [5, 5.41) is 0. The summed E-state index contributed by atoms with van der Waals surface area (Å²) in [5.41, 5.74) is 8.46. The molecule has 1 aromatic heterocycles. The minimum Gasteiger partial charge on any atom is -0.329 e. The molecule has 0 aliphatic heterocycles. The molecular weight excluding hydrogens is 198 g/mol. The van der Waals surface area contributed by atoms with Crippen LogP contribution >= 0.6 is 0 Å². The molecule has 0 saturated heterocycles. The Morgan fingerprint density at radius 1 is 1.56 bits per heavy atom. The van der Waals surface area contributed by atoms with Crippen molar-refractivity contribution in [2.75, 3.05) is 20.1 Å². The maximum Gasteiger partial charge on any atom is 0.0485 e. The van der Waals surface area contributed by atoms with Crippen molar-refractivity contribution in [1.82, 2.24) is 9.88 Å². The lowest BCUT2D eigenvalue weighted by molar-refractivity contribution is 0.239. The summed E-state index contributed by atoms with van der Waals surface area (Å²) < 4.78 is 0. The first-order valence-electron chi connectivity index (χ1n) is 6.03. The van der Waals surface area contributed by atoms with Crippen LogP contribution in [-0.2, 0) is 0 Å². The average molecular weight is 219 g/mol. The minimum absolute atomic E-state index is 0.314. The van der Waals surface area contributed by atoms with Gasteiger partial charge in [0.1, 0.15) is 0 Å². The third-order valence-electron chi connectivity index (χ3n) is 3.44. The van der Waals surface area contributed by atoms with E-state index in [2.05, 4.69) is 29.9 Å². The van der Waals surface area contributed by atoms with Crippen LogP contribution in [0.1, 0.15) is 30.0 Å². The number of aromatic nitrogens is 1. The van der Waals surface area contributed by atoms with Gasteiger partial charge >= 0.3 is 0 Å². The Kier molecular flexibility index (Phi) is 3.56. The largest absolute Gasteiger partial charge is 0.329 e. The van der Waals surface area contributed by atoms with Crippen LogP contribution in [0.4, 0.5) is 0 Å². The highest BCUT2D eigenvalue weighted by molar-refractivity contribution is 5.25. The monoisotopic (exact) mass is 219 g/mol. The van der Waals surface area contributed by atoms with Crippen LogP contribution in [0.2, 0.25) is 0 Å². The van der Waals surface area contributed by atoms with Gasteiger partial charge in [0, 0.05) is 31.5 Å². The number of aryl methyl sites for hydroxylation is 1. The predicted octanol–water partition coefficient (Wildman–Crippen LogP) is 1.73. The summed E-state index contributed by atoms with van der Waals surface area (Å²) in [7, 11) is 2.17. The van der Waals surface area contributed by atoms with Crippen molar-refractivity contribution in [3.63, 3.8) is 0 Å². The molecule has 2 N–H and O–H groups in total. The van der Waals surface area contributed by atoms with Gasteiger partial charge in [-0.15, -0.1) is 0 Å². The highest BCUT2D eigenvalue weighted by Gasteiger charge is 2.26. The number of nitrogens with two attached hydrogens (primary N) is 1. The highest BCUT2D eigenvalue weighted by Crippen LogP contribution is 2.32. The Hall–Kier alpha value is -0.930. The fourth-order valence-electron chi connectivity index (χ4n) is 2.20. The lowest BCUT2D eigenvalue weighted by Crippen LogP contribution is -2.32. The lowest BCUT2D eigenvalue weighted by Gasteiger charge is -2.28. The second-order valence-electron chi connectivity index (χ2n) is 4.87. The first kappa shape index (κ1) is 11.6. The number of rotatable bonds is 5. The van der Waals surface area contributed by atoms with Gasteiger partial charge in [-0.1, -0.05) is 0 Å². The molecule has 16 heavy (non-hydrogen) atoms. The fraction of sp³-hybridized carbons (Fsp3) is 0.615. The molecule has 1 aliphatic carbocycles. The van der Waals surface area contributed by atoms with Gasteiger partial charge in [0.05, 0.1) is 0 Å². The molecule has 1 saturated carbocycles. The number of hydrogen-bond donors (Lipinski definition) is 1. The van der Waals surface area contributed by atoms with Crippen LogP contribution in [0.3, 0.4) is 0 Å². The average Bonchev–Trinajstić information content (AvgIpc) is 3.06. The molecule has 1 unspecified atom stereocenters. The molecule has 3 heteroatoms. The van der Waals surface area contributed by atoms with E-state index in [1.165, 1.54) is 24.0 Å². The molecular formula is C13H21N3. The van der Waals surface area contributed by atoms with E-state index in [-0.39, 0.29) is 0 Å². The van der Waals surface area contributed by atoms with Crippen molar-refractivity contribution in [3.05, 3.63) is 29.6 Å². The third kappa shape index (κ3) is 2.60. The first-order valence-corrected chi connectivity index (χ1v) is 6.03. The van der Waals surface area contributed by atoms with E-state index < -0.39 is 0 Å². The Morgan fingerprint density at radius 3 is 2.88 bits per heavy atom. The zero-order valence-electron chi connectivity index (χ0n) is 10.2. The quantitative estimate of drug-likeness (QED) is 0.820. The van der Waals surface area contributed by atoms with Crippen LogP contribution < -0.4 is 5.73 Å². The molecule has 0 amide bonds. The maximum absolute atomic E-state index is 5.90. The molecule has 1 aromatic rings. The molecule has 0 spiro atoms. The number of nitrogens with zero attached hydrogens (tertiary/aromatic N) is 2. The fourth-order valence-corrected chi connectivity index (χ4v) is 2.20. The summed E-state index contributed by atoms with van der Waals surface area (Å²) in [6, 6.07) is 2.37. The Morgan fingerprint density at radius 2 is 2.31 bits per heavy atom. The van der Waals surface area contributed by atoms with Crippen LogP contribution in [-0.4, -0.2) is 30.0 Å². The van der Waals surface area contributed by atoms with Gasteiger partial charge in [-0.25, -0.2) is 0 Å². The molecule has 3 nitrogen and oxygen atoms in total. The molecule has 0 radical (unpaired) electrons. The van der Waals surface area contributed by atoms with Crippen molar-refractivity contribution in [3.8, 4) is 0 Å². The van der Waals surface area contributed by atoms with Crippen molar-refractivity contribution in [2.45, 2.75) is 25.8 Å². The van der Waals surface area contributed by atoms with Gasteiger partial charge in [0.15, 0.2) is 0 Å². The van der Waals surface area contributed by atoms with Crippen LogP contribution in [0, 0.1) is 12.8 Å². The van der Waals surface area contributed by atoms with Gasteiger partial charge < -0.3 is 5.73 Å². The SMILES string of the molecule is Cc1ccncc1C(CN)N(C)CC1CC1.